The van der Waals surface area contributed by atoms with Gasteiger partial charge in [-0.05, 0) is 42.8 Å². The molecule has 0 aliphatic heterocycles. The molecule has 6 heteroatoms. The molecule has 0 saturated carbocycles. The van der Waals surface area contributed by atoms with Gasteiger partial charge in [-0.1, -0.05) is 17.7 Å². The predicted molar refractivity (Wildman–Crippen MR) is 80.4 cm³/mol. The molecule has 0 unspecified atom stereocenters. The topological polar surface area (TPSA) is 75.4 Å². The van der Waals surface area contributed by atoms with Crippen molar-refractivity contribution in [1.29, 1.82) is 0 Å². The van der Waals surface area contributed by atoms with E-state index in [2.05, 4.69) is 10.3 Å². The van der Waals surface area contributed by atoms with Crippen molar-refractivity contribution in [2.24, 2.45) is 0 Å². The third-order valence-electron chi connectivity index (χ3n) is 3.00. The van der Waals surface area contributed by atoms with Crippen molar-refractivity contribution in [1.82, 2.24) is 4.98 Å². The highest BCUT2D eigenvalue weighted by molar-refractivity contribution is 6.33. The van der Waals surface area contributed by atoms with E-state index < -0.39 is 5.97 Å². The SMILES string of the molecule is Cc1ccc(Nc2nc3ccc(C(=O)O)cc3o2)c(Cl)c1. The smallest absolute Gasteiger partial charge is 0.335 e. The van der Waals surface area contributed by atoms with Gasteiger partial charge in [-0.25, -0.2) is 4.79 Å². The first-order valence-electron chi connectivity index (χ1n) is 6.20. The number of aromatic nitrogens is 1. The maximum atomic E-state index is 10.9. The summed E-state index contributed by atoms with van der Waals surface area (Å²) in [6, 6.07) is 10.4. The van der Waals surface area contributed by atoms with Crippen LogP contribution in [0.4, 0.5) is 11.7 Å². The zero-order chi connectivity index (χ0) is 15.0. The van der Waals surface area contributed by atoms with Gasteiger partial charge in [0.2, 0.25) is 0 Å². The molecule has 0 radical (unpaired) electrons. The third kappa shape index (κ3) is 2.68. The van der Waals surface area contributed by atoms with Gasteiger partial charge < -0.3 is 14.8 Å². The highest BCUT2D eigenvalue weighted by atomic mass is 35.5. The minimum atomic E-state index is -1.01. The Hall–Kier alpha value is -2.53. The average Bonchev–Trinajstić information content (AvgIpc) is 2.83. The summed E-state index contributed by atoms with van der Waals surface area (Å²) in [6.07, 6.45) is 0. The van der Waals surface area contributed by atoms with Crippen LogP contribution in [0, 0.1) is 6.92 Å². The molecule has 5 nitrogen and oxygen atoms in total. The second kappa shape index (κ2) is 5.10. The summed E-state index contributed by atoms with van der Waals surface area (Å²) in [4.78, 5) is 15.2. The molecule has 3 rings (SSSR count). The number of halogens is 1. The number of anilines is 2. The van der Waals surface area contributed by atoms with Crippen LogP contribution in [-0.4, -0.2) is 16.1 Å². The van der Waals surface area contributed by atoms with E-state index in [4.69, 9.17) is 21.1 Å². The fourth-order valence-electron chi connectivity index (χ4n) is 1.95. The lowest BCUT2D eigenvalue weighted by atomic mass is 10.2. The number of hydrogen-bond donors (Lipinski definition) is 2. The lowest BCUT2D eigenvalue weighted by molar-refractivity contribution is 0.0697. The molecular formula is C15H11ClN2O3. The first kappa shape index (κ1) is 13.5. The molecule has 106 valence electrons. The van der Waals surface area contributed by atoms with Crippen LogP contribution < -0.4 is 5.32 Å². The minimum absolute atomic E-state index is 0.151. The molecule has 1 aromatic heterocycles. The molecule has 0 aliphatic carbocycles. The molecule has 0 amide bonds. The number of benzene rings is 2. The van der Waals surface area contributed by atoms with Gasteiger partial charge in [0.25, 0.3) is 6.01 Å². The number of nitrogens with zero attached hydrogens (tertiary/aromatic N) is 1. The molecule has 0 atom stereocenters. The number of rotatable bonds is 3. The maximum absolute atomic E-state index is 10.9. The number of aromatic carboxylic acids is 1. The van der Waals surface area contributed by atoms with Gasteiger partial charge in [-0.2, -0.15) is 4.98 Å². The number of oxazole rings is 1. The van der Waals surface area contributed by atoms with Gasteiger partial charge >= 0.3 is 5.97 Å². The Bertz CT molecular complexity index is 842. The van der Waals surface area contributed by atoms with E-state index in [1.807, 2.05) is 25.1 Å². The van der Waals surface area contributed by atoms with Gasteiger partial charge in [-0.3, -0.25) is 0 Å². The zero-order valence-corrected chi connectivity index (χ0v) is 11.8. The van der Waals surface area contributed by atoms with Crippen molar-refractivity contribution in [3.8, 4) is 0 Å². The Morgan fingerprint density at radius 3 is 2.81 bits per heavy atom. The van der Waals surface area contributed by atoms with E-state index in [1.54, 1.807) is 6.07 Å². The van der Waals surface area contributed by atoms with Crippen LogP contribution in [-0.2, 0) is 0 Å². The van der Waals surface area contributed by atoms with Crippen molar-refractivity contribution >= 4 is 40.4 Å². The highest BCUT2D eigenvalue weighted by Crippen LogP contribution is 2.28. The summed E-state index contributed by atoms with van der Waals surface area (Å²) >= 11 is 6.14. The van der Waals surface area contributed by atoms with Gasteiger partial charge in [0.15, 0.2) is 5.58 Å². The summed E-state index contributed by atoms with van der Waals surface area (Å²) in [5.41, 5.74) is 2.85. The minimum Gasteiger partial charge on any atom is -0.478 e. The number of carboxylic acids is 1. The Kier molecular flexibility index (Phi) is 3.27. The van der Waals surface area contributed by atoms with Gasteiger partial charge in [0.05, 0.1) is 16.3 Å². The lowest BCUT2D eigenvalue weighted by Crippen LogP contribution is -1.94. The number of fused-ring (bicyclic) bond motifs is 1. The first-order valence-corrected chi connectivity index (χ1v) is 6.58. The fourth-order valence-corrected chi connectivity index (χ4v) is 2.23. The van der Waals surface area contributed by atoms with Gasteiger partial charge in [-0.15, -0.1) is 0 Å². The molecular weight excluding hydrogens is 292 g/mol. The second-order valence-electron chi connectivity index (χ2n) is 4.61. The molecule has 0 spiro atoms. The summed E-state index contributed by atoms with van der Waals surface area (Å²) in [6.45, 7) is 1.95. The number of nitrogens with one attached hydrogen (secondary N) is 1. The molecule has 2 aromatic carbocycles. The number of carbonyl (C=O) groups is 1. The standard InChI is InChI=1S/C15H11ClN2O3/c1-8-2-4-11(10(16)6-8)17-15-18-12-5-3-9(14(19)20)7-13(12)21-15/h2-7H,1H3,(H,17,18)(H,19,20). The molecule has 0 saturated heterocycles. The monoisotopic (exact) mass is 302 g/mol. The van der Waals surface area contributed by atoms with Crippen LogP contribution in [0.1, 0.15) is 15.9 Å². The van der Waals surface area contributed by atoms with Crippen molar-refractivity contribution in [2.75, 3.05) is 5.32 Å². The Labute approximate surface area is 125 Å². The lowest BCUT2D eigenvalue weighted by Gasteiger charge is -2.04. The van der Waals surface area contributed by atoms with Gasteiger partial charge in [0.1, 0.15) is 5.52 Å². The Balaban J connectivity index is 1.95. The van der Waals surface area contributed by atoms with E-state index in [0.29, 0.717) is 21.8 Å². The van der Waals surface area contributed by atoms with Crippen molar-refractivity contribution in [3.63, 3.8) is 0 Å². The predicted octanol–water partition coefficient (Wildman–Crippen LogP) is 4.23. The van der Waals surface area contributed by atoms with E-state index in [1.165, 1.54) is 12.1 Å². The molecule has 0 bridgehead atoms. The molecule has 2 N–H and O–H groups in total. The Morgan fingerprint density at radius 1 is 1.29 bits per heavy atom. The molecule has 1 heterocycles. The summed E-state index contributed by atoms with van der Waals surface area (Å²) in [7, 11) is 0. The molecule has 3 aromatic rings. The van der Waals surface area contributed by atoms with Crippen LogP contribution in [0.3, 0.4) is 0 Å². The summed E-state index contributed by atoms with van der Waals surface area (Å²) < 4.78 is 5.50. The number of aryl methyl sites for hydroxylation is 1. The van der Waals surface area contributed by atoms with Crippen molar-refractivity contribution in [3.05, 3.63) is 52.5 Å². The van der Waals surface area contributed by atoms with Crippen molar-refractivity contribution in [2.45, 2.75) is 6.92 Å². The number of hydrogen-bond acceptors (Lipinski definition) is 4. The van der Waals surface area contributed by atoms with Crippen LogP contribution in [0.15, 0.2) is 40.8 Å². The van der Waals surface area contributed by atoms with Crippen LogP contribution in [0.25, 0.3) is 11.1 Å². The first-order chi connectivity index (χ1) is 10.0. The van der Waals surface area contributed by atoms with Crippen molar-refractivity contribution < 1.29 is 14.3 Å². The highest BCUT2D eigenvalue weighted by Gasteiger charge is 2.11. The number of carboxylic acid groups (broad SMARTS) is 1. The van der Waals surface area contributed by atoms with E-state index in [9.17, 15) is 4.79 Å². The fraction of sp³-hybridized carbons (Fsp3) is 0.0667. The van der Waals surface area contributed by atoms with Crippen LogP contribution >= 0.6 is 11.6 Å². The second-order valence-corrected chi connectivity index (χ2v) is 5.02. The Morgan fingerprint density at radius 2 is 2.10 bits per heavy atom. The van der Waals surface area contributed by atoms with Crippen LogP contribution in [0.2, 0.25) is 5.02 Å². The largest absolute Gasteiger partial charge is 0.478 e. The summed E-state index contributed by atoms with van der Waals surface area (Å²) in [5.74, 6) is -1.01. The summed E-state index contributed by atoms with van der Waals surface area (Å²) in [5, 5.41) is 12.5. The quantitative estimate of drug-likeness (QED) is 0.757. The molecule has 0 aliphatic rings. The van der Waals surface area contributed by atoms with Crippen LogP contribution in [0.5, 0.6) is 0 Å². The third-order valence-corrected chi connectivity index (χ3v) is 3.31. The maximum Gasteiger partial charge on any atom is 0.335 e. The van der Waals surface area contributed by atoms with E-state index in [-0.39, 0.29) is 11.6 Å². The average molecular weight is 303 g/mol. The molecule has 0 fully saturated rings. The zero-order valence-electron chi connectivity index (χ0n) is 11.1. The van der Waals surface area contributed by atoms with E-state index >= 15 is 0 Å². The molecule has 21 heavy (non-hydrogen) atoms. The normalized spacial score (nSPS) is 10.8. The van der Waals surface area contributed by atoms with E-state index in [0.717, 1.165) is 5.56 Å². The van der Waals surface area contributed by atoms with Gasteiger partial charge in [0, 0.05) is 0 Å².